The highest BCUT2D eigenvalue weighted by atomic mass is 16.5. The average Bonchev–Trinajstić information content (AvgIpc) is 2.18. The summed E-state index contributed by atoms with van der Waals surface area (Å²) in [6, 6.07) is 0. The lowest BCUT2D eigenvalue weighted by Crippen LogP contribution is -1.96. The molecule has 0 amide bonds. The van der Waals surface area contributed by atoms with Crippen molar-refractivity contribution in [1.29, 1.82) is 0 Å². The van der Waals surface area contributed by atoms with E-state index in [0.29, 0.717) is 5.92 Å². The summed E-state index contributed by atoms with van der Waals surface area (Å²) in [4.78, 5) is 0. The van der Waals surface area contributed by atoms with E-state index in [2.05, 4.69) is 20.4 Å². The third kappa shape index (κ3) is 3.69. The predicted octanol–water partition coefficient (Wildman–Crippen LogP) is 3.28. The van der Waals surface area contributed by atoms with E-state index in [1.165, 1.54) is 0 Å². The summed E-state index contributed by atoms with van der Waals surface area (Å²) in [5.74, 6) is 1.95. The van der Waals surface area contributed by atoms with Gasteiger partial charge in [0.15, 0.2) is 5.76 Å². The van der Waals surface area contributed by atoms with Gasteiger partial charge in [-0.1, -0.05) is 26.5 Å². The lowest BCUT2D eigenvalue weighted by Gasteiger charge is -2.10. The molecule has 0 spiro atoms. The fourth-order valence-corrected chi connectivity index (χ4v) is 1.02. The molecule has 0 aliphatic heterocycles. The Kier molecular flexibility index (Phi) is 5.77. The molecule has 0 N–H and O–H groups in total. The monoisotopic (exact) mass is 196 g/mol. The van der Waals surface area contributed by atoms with Crippen LogP contribution >= 0.6 is 0 Å². The van der Waals surface area contributed by atoms with E-state index in [1.54, 1.807) is 14.2 Å². The third-order valence-electron chi connectivity index (χ3n) is 2.07. The largest absolute Gasteiger partial charge is 0.498 e. The first-order chi connectivity index (χ1) is 6.56. The molecule has 0 bridgehead atoms. The normalized spacial score (nSPS) is 13.7. The van der Waals surface area contributed by atoms with E-state index in [4.69, 9.17) is 9.47 Å². The van der Waals surface area contributed by atoms with E-state index in [0.717, 1.165) is 17.1 Å². The zero-order valence-corrected chi connectivity index (χ0v) is 9.76. The fourth-order valence-electron chi connectivity index (χ4n) is 1.02. The first-order valence-corrected chi connectivity index (χ1v) is 4.69. The predicted molar refractivity (Wildman–Crippen MR) is 59.8 cm³/mol. The first kappa shape index (κ1) is 12.8. The highest BCUT2D eigenvalue weighted by Gasteiger charge is 2.03. The minimum absolute atomic E-state index is 0.433. The zero-order valence-electron chi connectivity index (χ0n) is 9.76. The van der Waals surface area contributed by atoms with Crippen LogP contribution in [0, 0.1) is 5.92 Å². The van der Waals surface area contributed by atoms with Crippen LogP contribution in [0.2, 0.25) is 0 Å². The highest BCUT2D eigenvalue weighted by Crippen LogP contribution is 2.16. The molecule has 0 saturated carbocycles. The molecule has 14 heavy (non-hydrogen) atoms. The summed E-state index contributed by atoms with van der Waals surface area (Å²) in [5, 5.41) is 0. The first-order valence-electron chi connectivity index (χ1n) is 4.69. The summed E-state index contributed by atoms with van der Waals surface area (Å²) in [6.07, 6.45) is 3.79. The van der Waals surface area contributed by atoms with E-state index >= 15 is 0 Å². The van der Waals surface area contributed by atoms with Crippen LogP contribution in [0.3, 0.4) is 0 Å². The number of rotatable bonds is 5. The topological polar surface area (TPSA) is 18.5 Å². The van der Waals surface area contributed by atoms with Crippen LogP contribution < -0.4 is 0 Å². The van der Waals surface area contributed by atoms with Crippen LogP contribution in [0.4, 0.5) is 0 Å². The van der Waals surface area contributed by atoms with Crippen molar-refractivity contribution in [2.24, 2.45) is 5.92 Å². The van der Waals surface area contributed by atoms with Gasteiger partial charge in [0.1, 0.15) is 5.76 Å². The van der Waals surface area contributed by atoms with Crippen LogP contribution in [0.1, 0.15) is 20.8 Å². The summed E-state index contributed by atoms with van der Waals surface area (Å²) in [5.41, 5.74) is 1.14. The van der Waals surface area contributed by atoms with Crippen LogP contribution in [0.15, 0.2) is 35.8 Å². The number of allylic oxidation sites excluding steroid dienone is 4. The summed E-state index contributed by atoms with van der Waals surface area (Å²) >= 11 is 0. The van der Waals surface area contributed by atoms with Gasteiger partial charge in [0.25, 0.3) is 0 Å². The van der Waals surface area contributed by atoms with Crippen molar-refractivity contribution in [3.05, 3.63) is 35.8 Å². The minimum atomic E-state index is 0.433. The molecule has 0 aromatic carbocycles. The van der Waals surface area contributed by atoms with Crippen molar-refractivity contribution in [1.82, 2.24) is 0 Å². The maximum Gasteiger partial charge on any atom is 0.156 e. The van der Waals surface area contributed by atoms with Crippen LogP contribution in [0.25, 0.3) is 0 Å². The molecule has 0 fully saturated rings. The second kappa shape index (κ2) is 6.30. The van der Waals surface area contributed by atoms with Gasteiger partial charge in [-0.25, -0.2) is 0 Å². The van der Waals surface area contributed by atoms with Crippen molar-refractivity contribution in [3.8, 4) is 0 Å². The van der Waals surface area contributed by atoms with Gasteiger partial charge in [-0.2, -0.15) is 0 Å². The van der Waals surface area contributed by atoms with Gasteiger partial charge >= 0.3 is 0 Å². The van der Waals surface area contributed by atoms with Gasteiger partial charge in [0.05, 0.1) is 14.2 Å². The van der Waals surface area contributed by atoms with Crippen molar-refractivity contribution >= 4 is 0 Å². The van der Waals surface area contributed by atoms with Gasteiger partial charge in [-0.15, -0.1) is 0 Å². The Morgan fingerprint density at radius 2 is 1.79 bits per heavy atom. The van der Waals surface area contributed by atoms with Crippen molar-refractivity contribution in [2.45, 2.75) is 20.8 Å². The Balaban J connectivity index is 4.98. The molecule has 0 aliphatic rings. The van der Waals surface area contributed by atoms with Gasteiger partial charge in [-0.05, 0) is 24.5 Å². The molecule has 80 valence electrons. The molecule has 2 heteroatoms. The molecule has 0 saturated heterocycles. The van der Waals surface area contributed by atoms with Crippen LogP contribution in [-0.4, -0.2) is 14.2 Å². The number of hydrogen-bond acceptors (Lipinski definition) is 2. The Morgan fingerprint density at radius 1 is 1.21 bits per heavy atom. The molecular formula is C12H20O2. The molecule has 0 radical (unpaired) electrons. The number of ether oxygens (including phenoxy) is 2. The standard InChI is InChI=1S/C12H20O2/c1-7-11(9(2)3)8-12(14-6)10(4)13-5/h7-9H,1H2,2-6H3/b11-8+,12-10-. The molecule has 0 heterocycles. The molecule has 0 aromatic rings. The summed E-state index contributed by atoms with van der Waals surface area (Å²) < 4.78 is 10.3. The second-order valence-electron chi connectivity index (χ2n) is 3.33. The molecule has 0 rings (SSSR count). The summed E-state index contributed by atoms with van der Waals surface area (Å²) in [6.45, 7) is 9.87. The van der Waals surface area contributed by atoms with E-state index in [1.807, 2.05) is 19.1 Å². The Morgan fingerprint density at radius 3 is 2.07 bits per heavy atom. The maximum atomic E-state index is 5.22. The number of methoxy groups -OCH3 is 2. The van der Waals surface area contributed by atoms with E-state index < -0.39 is 0 Å². The van der Waals surface area contributed by atoms with Crippen molar-refractivity contribution in [3.63, 3.8) is 0 Å². The minimum Gasteiger partial charge on any atom is -0.498 e. The molecule has 2 nitrogen and oxygen atoms in total. The van der Waals surface area contributed by atoms with Crippen molar-refractivity contribution < 1.29 is 9.47 Å². The van der Waals surface area contributed by atoms with Crippen LogP contribution in [0.5, 0.6) is 0 Å². The van der Waals surface area contributed by atoms with Crippen LogP contribution in [-0.2, 0) is 9.47 Å². The molecule has 0 aromatic heterocycles. The van der Waals surface area contributed by atoms with Crippen molar-refractivity contribution in [2.75, 3.05) is 14.2 Å². The Bertz CT molecular complexity index is 247. The SMILES string of the molecule is C=C/C(=C\C(OC)=C(/C)OC)C(C)C. The molecule has 0 aliphatic carbocycles. The number of hydrogen-bond donors (Lipinski definition) is 0. The van der Waals surface area contributed by atoms with E-state index in [-0.39, 0.29) is 0 Å². The lowest BCUT2D eigenvalue weighted by molar-refractivity contribution is 0.232. The Labute approximate surface area is 86.9 Å². The molecule has 0 atom stereocenters. The third-order valence-corrected chi connectivity index (χ3v) is 2.07. The fraction of sp³-hybridized carbons (Fsp3) is 0.500. The highest BCUT2D eigenvalue weighted by molar-refractivity contribution is 5.28. The van der Waals surface area contributed by atoms with Gasteiger partial charge in [0, 0.05) is 0 Å². The average molecular weight is 196 g/mol. The van der Waals surface area contributed by atoms with Gasteiger partial charge in [-0.3, -0.25) is 0 Å². The zero-order chi connectivity index (χ0) is 11.1. The van der Waals surface area contributed by atoms with Gasteiger partial charge < -0.3 is 9.47 Å². The lowest BCUT2D eigenvalue weighted by atomic mass is 10.0. The van der Waals surface area contributed by atoms with E-state index in [9.17, 15) is 0 Å². The maximum absolute atomic E-state index is 5.22. The Hall–Kier alpha value is -1.18. The van der Waals surface area contributed by atoms with Gasteiger partial charge in [0.2, 0.25) is 0 Å². The smallest absolute Gasteiger partial charge is 0.156 e. The molecular weight excluding hydrogens is 176 g/mol. The molecule has 0 unspecified atom stereocenters. The quantitative estimate of drug-likeness (QED) is 0.496. The second-order valence-corrected chi connectivity index (χ2v) is 3.33. The summed E-state index contributed by atoms with van der Waals surface area (Å²) in [7, 11) is 3.26.